The first-order valence-corrected chi connectivity index (χ1v) is 14.2. The maximum Gasteiger partial charge on any atom is 0.417 e. The largest absolute Gasteiger partial charge is 0.419 e. The predicted octanol–water partition coefficient (Wildman–Crippen LogP) is 4.27. The number of aromatic nitrogens is 3. The SMILES string of the molecule is CC(C)(C#N)c1nnc(-c2ccc3c(c2)N(Cc2ccc(-c4ccc(C(F)(F)F)cn4)cc2)C(=O)[C@@H](N)CS3(=O)=O)o1. The van der Waals surface area contributed by atoms with Gasteiger partial charge in [-0.2, -0.15) is 18.4 Å². The lowest BCUT2D eigenvalue weighted by molar-refractivity contribution is -0.137. The second-order valence-electron chi connectivity index (χ2n) is 10.3. The molecule has 0 saturated carbocycles. The molecule has 2 aromatic heterocycles. The molecule has 2 N–H and O–H groups in total. The maximum absolute atomic E-state index is 13.4. The molecule has 42 heavy (non-hydrogen) atoms. The van der Waals surface area contributed by atoms with Crippen molar-refractivity contribution in [1.82, 2.24) is 15.2 Å². The summed E-state index contributed by atoms with van der Waals surface area (Å²) in [5.41, 5.74) is 5.94. The van der Waals surface area contributed by atoms with Gasteiger partial charge < -0.3 is 15.1 Å². The third-order valence-electron chi connectivity index (χ3n) is 6.73. The van der Waals surface area contributed by atoms with Crippen molar-refractivity contribution in [2.75, 3.05) is 10.7 Å². The van der Waals surface area contributed by atoms with E-state index in [1.807, 2.05) is 0 Å². The van der Waals surface area contributed by atoms with Gasteiger partial charge in [-0.1, -0.05) is 24.3 Å². The van der Waals surface area contributed by atoms with Crippen molar-refractivity contribution in [3.05, 3.63) is 77.8 Å². The minimum absolute atomic E-state index is 0.0304. The number of fused-ring (bicyclic) bond motifs is 1. The number of hydrogen-bond acceptors (Lipinski definition) is 9. The van der Waals surface area contributed by atoms with Crippen molar-refractivity contribution in [3.8, 4) is 28.8 Å². The Labute approximate surface area is 238 Å². The van der Waals surface area contributed by atoms with E-state index >= 15 is 0 Å². The summed E-state index contributed by atoms with van der Waals surface area (Å²) in [5.74, 6) is -1.11. The van der Waals surface area contributed by atoms with Crippen LogP contribution in [0.3, 0.4) is 0 Å². The molecule has 4 aromatic rings. The molecule has 1 aliphatic heterocycles. The molecule has 2 aromatic carbocycles. The van der Waals surface area contributed by atoms with Crippen LogP contribution in [0.1, 0.15) is 30.9 Å². The molecular formula is C28H23F3N6O4S. The number of carbonyl (C=O) groups excluding carboxylic acids is 1. The number of nitriles is 1. The first-order valence-electron chi connectivity index (χ1n) is 12.5. The molecule has 1 amide bonds. The number of anilines is 1. The minimum Gasteiger partial charge on any atom is -0.419 e. The number of benzene rings is 2. The topological polar surface area (TPSA) is 156 Å². The van der Waals surface area contributed by atoms with Gasteiger partial charge in [-0.3, -0.25) is 9.78 Å². The molecule has 3 heterocycles. The molecule has 0 saturated heterocycles. The van der Waals surface area contributed by atoms with Crippen LogP contribution in [-0.4, -0.2) is 41.3 Å². The predicted molar refractivity (Wildman–Crippen MR) is 144 cm³/mol. The summed E-state index contributed by atoms with van der Waals surface area (Å²) < 4.78 is 70.6. The van der Waals surface area contributed by atoms with Gasteiger partial charge in [0.05, 0.1) is 46.2 Å². The number of halogens is 3. The van der Waals surface area contributed by atoms with Crippen LogP contribution in [-0.2, 0) is 32.8 Å². The molecule has 14 heteroatoms. The highest BCUT2D eigenvalue weighted by molar-refractivity contribution is 7.91. The van der Waals surface area contributed by atoms with E-state index in [1.54, 1.807) is 38.1 Å². The van der Waals surface area contributed by atoms with Gasteiger partial charge in [0.25, 0.3) is 0 Å². The van der Waals surface area contributed by atoms with Crippen molar-refractivity contribution >= 4 is 21.4 Å². The van der Waals surface area contributed by atoms with Gasteiger partial charge in [0.2, 0.25) is 17.7 Å². The molecule has 1 aliphatic rings. The van der Waals surface area contributed by atoms with Crippen molar-refractivity contribution in [2.24, 2.45) is 5.73 Å². The molecule has 0 unspecified atom stereocenters. The van der Waals surface area contributed by atoms with Gasteiger partial charge >= 0.3 is 6.18 Å². The Hall–Kier alpha value is -4.61. The summed E-state index contributed by atoms with van der Waals surface area (Å²) >= 11 is 0. The maximum atomic E-state index is 13.4. The quantitative estimate of drug-likeness (QED) is 0.355. The molecule has 0 aliphatic carbocycles. The fourth-order valence-corrected chi connectivity index (χ4v) is 5.90. The lowest BCUT2D eigenvalue weighted by Crippen LogP contribution is -2.45. The third kappa shape index (κ3) is 5.48. The Kier molecular flexibility index (Phi) is 7.12. The van der Waals surface area contributed by atoms with Crippen molar-refractivity contribution in [3.63, 3.8) is 0 Å². The van der Waals surface area contributed by atoms with E-state index in [0.717, 1.165) is 12.3 Å². The summed E-state index contributed by atoms with van der Waals surface area (Å²) in [6.07, 6.45) is -3.75. The van der Waals surface area contributed by atoms with E-state index < -0.39 is 44.7 Å². The first-order chi connectivity index (χ1) is 19.7. The zero-order valence-electron chi connectivity index (χ0n) is 22.3. The number of hydrogen-bond donors (Lipinski definition) is 1. The number of carbonyl (C=O) groups is 1. The third-order valence-corrected chi connectivity index (χ3v) is 8.55. The van der Waals surface area contributed by atoms with E-state index in [2.05, 4.69) is 21.3 Å². The Morgan fingerprint density at radius 2 is 1.76 bits per heavy atom. The Balaban J connectivity index is 1.50. The number of nitrogens with two attached hydrogens (primary N) is 1. The lowest BCUT2D eigenvalue weighted by atomic mass is 9.96. The second-order valence-corrected chi connectivity index (χ2v) is 12.3. The van der Waals surface area contributed by atoms with Crippen LogP contribution < -0.4 is 10.6 Å². The molecule has 0 bridgehead atoms. The number of rotatable bonds is 5. The fraction of sp³-hybridized carbons (Fsp3) is 0.250. The van der Waals surface area contributed by atoms with E-state index in [4.69, 9.17) is 10.2 Å². The molecule has 0 fully saturated rings. The molecule has 10 nitrogen and oxygen atoms in total. The van der Waals surface area contributed by atoms with Gasteiger partial charge in [0.15, 0.2) is 9.84 Å². The summed E-state index contributed by atoms with van der Waals surface area (Å²) in [6, 6.07) is 13.8. The van der Waals surface area contributed by atoms with Crippen LogP contribution in [0.5, 0.6) is 0 Å². The highest BCUT2D eigenvalue weighted by Crippen LogP contribution is 2.36. The van der Waals surface area contributed by atoms with Crippen molar-refractivity contribution in [1.29, 1.82) is 5.26 Å². The van der Waals surface area contributed by atoms with Crippen LogP contribution in [0.4, 0.5) is 18.9 Å². The van der Waals surface area contributed by atoms with Crippen LogP contribution in [0, 0.1) is 11.3 Å². The Bertz CT molecular complexity index is 1810. The molecule has 1 atom stereocenters. The van der Waals surface area contributed by atoms with Crippen LogP contribution in [0.25, 0.3) is 22.7 Å². The van der Waals surface area contributed by atoms with E-state index in [-0.39, 0.29) is 28.9 Å². The molecule has 216 valence electrons. The average molecular weight is 597 g/mol. The van der Waals surface area contributed by atoms with Gasteiger partial charge in [-0.25, -0.2) is 8.42 Å². The van der Waals surface area contributed by atoms with Crippen molar-refractivity contribution in [2.45, 2.75) is 42.9 Å². The van der Waals surface area contributed by atoms with E-state index in [0.29, 0.717) is 22.4 Å². The number of sulfone groups is 1. The zero-order valence-corrected chi connectivity index (χ0v) is 23.1. The normalized spacial score (nSPS) is 16.9. The summed E-state index contributed by atoms with van der Waals surface area (Å²) in [5, 5.41) is 17.3. The second kappa shape index (κ2) is 10.3. The summed E-state index contributed by atoms with van der Waals surface area (Å²) in [7, 11) is -3.95. The van der Waals surface area contributed by atoms with Gasteiger partial charge in [0.1, 0.15) is 5.41 Å². The highest BCUT2D eigenvalue weighted by Gasteiger charge is 2.37. The Morgan fingerprint density at radius 1 is 1.07 bits per heavy atom. The van der Waals surface area contributed by atoms with Crippen LogP contribution in [0.2, 0.25) is 0 Å². The number of amides is 1. The molecular weight excluding hydrogens is 573 g/mol. The van der Waals surface area contributed by atoms with Crippen LogP contribution in [0.15, 0.2) is 70.1 Å². The zero-order chi connectivity index (χ0) is 30.4. The monoisotopic (exact) mass is 596 g/mol. The van der Waals surface area contributed by atoms with Gasteiger partial charge in [-0.05, 0) is 49.7 Å². The number of nitrogens with zero attached hydrogens (tertiary/aromatic N) is 5. The van der Waals surface area contributed by atoms with E-state index in [1.165, 1.54) is 29.2 Å². The fourth-order valence-electron chi connectivity index (χ4n) is 4.34. The first kappa shape index (κ1) is 28.9. The standard InChI is InChI=1S/C28H23F3N6O4S/c1-27(2,15-32)26-36-35-24(41-26)18-7-10-23-22(11-18)37(25(38)20(33)14-42(23,39)40)13-16-3-5-17(6-4-16)21-9-8-19(12-34-21)28(29,30)31/h3-12,20H,13-14,33H2,1-2H3/t20-/m0/s1. The number of alkyl halides is 3. The van der Waals surface area contributed by atoms with Gasteiger partial charge in [0, 0.05) is 17.3 Å². The lowest BCUT2D eigenvalue weighted by Gasteiger charge is -2.24. The van der Waals surface area contributed by atoms with E-state index in [9.17, 15) is 31.6 Å². The average Bonchev–Trinajstić information content (AvgIpc) is 3.44. The highest BCUT2D eigenvalue weighted by atomic mass is 32.2. The summed E-state index contributed by atoms with van der Waals surface area (Å²) in [6.45, 7) is 3.15. The number of pyridine rings is 1. The van der Waals surface area contributed by atoms with Crippen LogP contribution >= 0.6 is 0 Å². The smallest absolute Gasteiger partial charge is 0.417 e. The minimum atomic E-state index is -4.50. The Morgan fingerprint density at radius 3 is 2.38 bits per heavy atom. The molecule has 0 radical (unpaired) electrons. The van der Waals surface area contributed by atoms with Crippen molar-refractivity contribution < 1.29 is 30.8 Å². The summed E-state index contributed by atoms with van der Waals surface area (Å²) in [4.78, 5) is 18.4. The molecule has 5 rings (SSSR count). The molecule has 0 spiro atoms. The van der Waals surface area contributed by atoms with Gasteiger partial charge in [-0.15, -0.1) is 10.2 Å².